The molecule has 0 aromatic carbocycles. The van der Waals surface area contributed by atoms with E-state index in [0.29, 0.717) is 23.7 Å². The Morgan fingerprint density at radius 3 is 2.56 bits per heavy atom. The molecule has 0 heterocycles. The van der Waals surface area contributed by atoms with Crippen molar-refractivity contribution < 1.29 is 14.6 Å². The molecule has 4 aliphatic carbocycles. The van der Waals surface area contributed by atoms with Crippen LogP contribution >= 0.6 is 0 Å². The molecule has 18 heavy (non-hydrogen) atoms. The Morgan fingerprint density at radius 1 is 1.11 bits per heavy atom. The molecule has 0 amide bonds. The van der Waals surface area contributed by atoms with E-state index in [1.54, 1.807) is 0 Å². The van der Waals surface area contributed by atoms with Crippen molar-refractivity contribution in [1.82, 2.24) is 0 Å². The first-order chi connectivity index (χ1) is 8.69. The molecule has 4 saturated carbocycles. The van der Waals surface area contributed by atoms with Crippen LogP contribution in [-0.2, 0) is 9.53 Å². The number of carbonyl (C=O) groups is 1. The van der Waals surface area contributed by atoms with E-state index in [0.717, 1.165) is 24.7 Å². The first-order valence-electron chi connectivity index (χ1n) is 7.20. The third-order valence-corrected chi connectivity index (χ3v) is 6.16. The standard InChI is InChI=1S/C15H20O3/c1-2-13(17)18-12-6-8-4-10(12)15-7-3-9(14(8)15)11(16)5-7/h2,7-12,14-16H,1,3-6H2. The fourth-order valence-electron chi connectivity index (χ4n) is 5.84. The third kappa shape index (κ3) is 1.26. The number of fused-ring (bicyclic) bond motifs is 9. The largest absolute Gasteiger partial charge is 0.459 e. The molecule has 8 unspecified atom stereocenters. The maximum absolute atomic E-state index is 11.4. The lowest BCUT2D eigenvalue weighted by Gasteiger charge is -2.39. The van der Waals surface area contributed by atoms with Crippen molar-refractivity contribution in [3.05, 3.63) is 12.7 Å². The molecule has 0 aromatic heterocycles. The van der Waals surface area contributed by atoms with Gasteiger partial charge in [0.1, 0.15) is 6.10 Å². The van der Waals surface area contributed by atoms with E-state index in [9.17, 15) is 9.90 Å². The summed E-state index contributed by atoms with van der Waals surface area (Å²) < 4.78 is 5.52. The lowest BCUT2D eigenvalue weighted by Crippen LogP contribution is -2.40. The maximum atomic E-state index is 11.4. The third-order valence-electron chi connectivity index (χ3n) is 6.16. The molecule has 0 saturated heterocycles. The van der Waals surface area contributed by atoms with Crippen LogP contribution in [0.4, 0.5) is 0 Å². The summed E-state index contributed by atoms with van der Waals surface area (Å²) in [6.45, 7) is 3.47. The Balaban J connectivity index is 1.55. The number of carbonyl (C=O) groups excluding carboxylic acids is 1. The van der Waals surface area contributed by atoms with Crippen LogP contribution in [0.3, 0.4) is 0 Å². The first kappa shape index (κ1) is 11.0. The number of ether oxygens (including phenoxy) is 1. The summed E-state index contributed by atoms with van der Waals surface area (Å²) in [5, 5.41) is 10.0. The predicted octanol–water partition coefficient (Wildman–Crippen LogP) is 1.76. The summed E-state index contributed by atoms with van der Waals surface area (Å²) in [5.74, 6) is 3.66. The van der Waals surface area contributed by atoms with Crippen LogP contribution in [0.2, 0.25) is 0 Å². The van der Waals surface area contributed by atoms with Gasteiger partial charge in [-0.2, -0.15) is 0 Å². The lowest BCUT2D eigenvalue weighted by molar-refractivity contribution is -0.148. The van der Waals surface area contributed by atoms with Gasteiger partial charge >= 0.3 is 5.97 Å². The Hall–Kier alpha value is -0.830. The minimum atomic E-state index is -0.271. The highest BCUT2D eigenvalue weighted by atomic mass is 16.5. The van der Waals surface area contributed by atoms with Crippen LogP contribution < -0.4 is 0 Å². The second kappa shape index (κ2) is 3.60. The molecule has 1 N–H and O–H groups in total. The molecule has 3 nitrogen and oxygen atoms in total. The van der Waals surface area contributed by atoms with Crippen LogP contribution in [0.15, 0.2) is 12.7 Å². The van der Waals surface area contributed by atoms with E-state index in [2.05, 4.69) is 6.58 Å². The maximum Gasteiger partial charge on any atom is 0.330 e. The number of hydrogen-bond acceptors (Lipinski definition) is 3. The lowest BCUT2D eigenvalue weighted by atomic mass is 9.69. The molecule has 4 aliphatic rings. The Bertz CT molecular complexity index is 405. The fourth-order valence-corrected chi connectivity index (χ4v) is 5.84. The highest BCUT2D eigenvalue weighted by Gasteiger charge is 2.65. The summed E-state index contributed by atoms with van der Waals surface area (Å²) in [4.78, 5) is 11.4. The average Bonchev–Trinajstić information content (AvgIpc) is 3.04. The van der Waals surface area contributed by atoms with Gasteiger partial charge in [-0.05, 0) is 61.2 Å². The number of rotatable bonds is 2. The molecule has 0 aliphatic heterocycles. The zero-order valence-electron chi connectivity index (χ0n) is 10.5. The Kier molecular flexibility index (Phi) is 2.20. The SMILES string of the molecule is C=CC(=O)OC1CC2CC1C1C3CC(O)C(C3)C21. The zero-order valence-corrected chi connectivity index (χ0v) is 10.5. The van der Waals surface area contributed by atoms with Crippen LogP contribution in [-0.4, -0.2) is 23.3 Å². The molecule has 98 valence electrons. The first-order valence-corrected chi connectivity index (χ1v) is 7.20. The summed E-state index contributed by atoms with van der Waals surface area (Å²) >= 11 is 0. The summed E-state index contributed by atoms with van der Waals surface area (Å²) in [7, 11) is 0. The van der Waals surface area contributed by atoms with Crippen LogP contribution in [0.5, 0.6) is 0 Å². The molecule has 0 spiro atoms. The van der Waals surface area contributed by atoms with Crippen LogP contribution in [0.1, 0.15) is 25.7 Å². The molecule has 0 aromatic rings. The van der Waals surface area contributed by atoms with Crippen molar-refractivity contribution in [2.45, 2.75) is 37.9 Å². The van der Waals surface area contributed by atoms with Gasteiger partial charge in [0.05, 0.1) is 6.10 Å². The Morgan fingerprint density at radius 2 is 1.78 bits per heavy atom. The second-order valence-corrected chi connectivity index (χ2v) is 6.69. The van der Waals surface area contributed by atoms with Crippen molar-refractivity contribution in [3.63, 3.8) is 0 Å². The average molecular weight is 248 g/mol. The van der Waals surface area contributed by atoms with E-state index in [4.69, 9.17) is 4.74 Å². The Labute approximate surface area is 107 Å². The molecule has 4 bridgehead atoms. The normalized spacial score (nSPS) is 55.6. The quantitative estimate of drug-likeness (QED) is 0.460. The minimum Gasteiger partial charge on any atom is -0.459 e. The van der Waals surface area contributed by atoms with Gasteiger partial charge in [0.2, 0.25) is 0 Å². The second-order valence-electron chi connectivity index (χ2n) is 6.69. The predicted molar refractivity (Wildman–Crippen MR) is 65.5 cm³/mol. The van der Waals surface area contributed by atoms with Crippen molar-refractivity contribution in [2.75, 3.05) is 0 Å². The van der Waals surface area contributed by atoms with Gasteiger partial charge in [-0.3, -0.25) is 0 Å². The van der Waals surface area contributed by atoms with Crippen molar-refractivity contribution in [3.8, 4) is 0 Å². The molecule has 3 heteroatoms. The smallest absolute Gasteiger partial charge is 0.330 e. The van der Waals surface area contributed by atoms with Gasteiger partial charge < -0.3 is 9.84 Å². The van der Waals surface area contributed by atoms with Gasteiger partial charge in [0.25, 0.3) is 0 Å². The van der Waals surface area contributed by atoms with Crippen molar-refractivity contribution >= 4 is 5.97 Å². The zero-order chi connectivity index (χ0) is 12.4. The van der Waals surface area contributed by atoms with E-state index in [1.807, 2.05) is 0 Å². The van der Waals surface area contributed by atoms with E-state index < -0.39 is 0 Å². The minimum absolute atomic E-state index is 0.0511. The topological polar surface area (TPSA) is 46.5 Å². The molecular weight excluding hydrogens is 228 g/mol. The van der Waals surface area contributed by atoms with Gasteiger partial charge in [0, 0.05) is 6.08 Å². The number of esters is 1. The van der Waals surface area contributed by atoms with E-state index in [1.165, 1.54) is 18.9 Å². The van der Waals surface area contributed by atoms with Crippen molar-refractivity contribution in [2.24, 2.45) is 35.5 Å². The van der Waals surface area contributed by atoms with Crippen LogP contribution in [0.25, 0.3) is 0 Å². The van der Waals surface area contributed by atoms with Gasteiger partial charge in [-0.25, -0.2) is 4.79 Å². The van der Waals surface area contributed by atoms with Gasteiger partial charge in [-0.1, -0.05) is 6.58 Å². The molecule has 4 rings (SSSR count). The van der Waals surface area contributed by atoms with Crippen LogP contribution in [0, 0.1) is 35.5 Å². The fraction of sp³-hybridized carbons (Fsp3) is 0.800. The highest BCUT2D eigenvalue weighted by Crippen LogP contribution is 2.67. The highest BCUT2D eigenvalue weighted by molar-refractivity contribution is 5.81. The molecule has 4 fully saturated rings. The number of aliphatic hydroxyl groups is 1. The van der Waals surface area contributed by atoms with Crippen molar-refractivity contribution in [1.29, 1.82) is 0 Å². The van der Waals surface area contributed by atoms with E-state index >= 15 is 0 Å². The summed E-state index contributed by atoms with van der Waals surface area (Å²) in [5.41, 5.74) is 0. The van der Waals surface area contributed by atoms with Gasteiger partial charge in [0.15, 0.2) is 0 Å². The monoisotopic (exact) mass is 248 g/mol. The molecular formula is C15H20O3. The van der Waals surface area contributed by atoms with Gasteiger partial charge in [-0.15, -0.1) is 0 Å². The summed E-state index contributed by atoms with van der Waals surface area (Å²) in [6.07, 6.45) is 5.77. The number of aliphatic hydroxyl groups excluding tert-OH is 1. The summed E-state index contributed by atoms with van der Waals surface area (Å²) in [6, 6.07) is 0. The van der Waals surface area contributed by atoms with E-state index in [-0.39, 0.29) is 18.2 Å². The molecule has 8 atom stereocenters. The molecule has 0 radical (unpaired) electrons. The number of hydrogen-bond donors (Lipinski definition) is 1.